The van der Waals surface area contributed by atoms with E-state index in [0.29, 0.717) is 23.4 Å². The molecule has 0 aliphatic rings. The van der Waals surface area contributed by atoms with E-state index < -0.39 is 39.2 Å². The topological polar surface area (TPSA) is 73.2 Å². The van der Waals surface area contributed by atoms with Crippen molar-refractivity contribution in [2.24, 2.45) is 0 Å². The molecule has 3 rings (SSSR count). The summed E-state index contributed by atoms with van der Waals surface area (Å²) in [6.45, 7) is 4.90. The lowest BCUT2D eigenvalue weighted by molar-refractivity contribution is -0.137. The Morgan fingerprint density at radius 2 is 1.62 bits per heavy atom. The third-order valence-electron chi connectivity index (χ3n) is 5.18. The van der Waals surface area contributed by atoms with Crippen LogP contribution in [0.1, 0.15) is 31.9 Å². The van der Waals surface area contributed by atoms with Gasteiger partial charge in [0.1, 0.15) is 10.8 Å². The van der Waals surface area contributed by atoms with Crippen LogP contribution in [-0.2, 0) is 28.3 Å². The highest BCUT2D eigenvalue weighted by Crippen LogP contribution is 2.39. The molecule has 0 fully saturated rings. The largest absolute Gasteiger partial charge is 0.436 e. The summed E-state index contributed by atoms with van der Waals surface area (Å²) >= 11 is 6.52. The molecule has 0 aliphatic carbocycles. The Hall–Kier alpha value is -2.77. The van der Waals surface area contributed by atoms with Crippen LogP contribution in [0, 0.1) is 0 Å². The van der Waals surface area contributed by atoms with Crippen LogP contribution in [0.3, 0.4) is 0 Å². The predicted molar refractivity (Wildman–Crippen MR) is 126 cm³/mol. The average molecular weight is 570 g/mol. The summed E-state index contributed by atoms with van der Waals surface area (Å²) in [6, 6.07) is 10.3. The highest BCUT2D eigenvalue weighted by molar-refractivity contribution is 7.89. The zero-order valence-corrected chi connectivity index (χ0v) is 21.3. The van der Waals surface area contributed by atoms with E-state index in [4.69, 9.17) is 16.3 Å². The molecule has 37 heavy (non-hydrogen) atoms. The number of sulfonamides is 1. The van der Waals surface area contributed by atoms with E-state index >= 15 is 0 Å². The van der Waals surface area contributed by atoms with Crippen molar-refractivity contribution in [3.05, 3.63) is 64.7 Å². The first-order valence-corrected chi connectivity index (χ1v) is 12.8. The molecule has 0 unspecified atom stereocenters. The van der Waals surface area contributed by atoms with Gasteiger partial charge in [-0.05, 0) is 56.7 Å². The zero-order chi connectivity index (χ0) is 27.8. The minimum absolute atomic E-state index is 0.0364. The molecule has 1 heterocycles. The minimum atomic E-state index is -4.91. The van der Waals surface area contributed by atoms with Crippen molar-refractivity contribution in [2.75, 3.05) is 5.75 Å². The molecule has 0 radical (unpaired) electrons. The summed E-state index contributed by atoms with van der Waals surface area (Å²) in [4.78, 5) is 0. The molecule has 2 aromatic carbocycles. The molecule has 0 amide bonds. The monoisotopic (exact) mass is 569 g/mol. The van der Waals surface area contributed by atoms with Crippen LogP contribution >= 0.6 is 11.6 Å². The minimum Gasteiger partial charge on any atom is -0.436 e. The number of rotatable bonds is 8. The number of aryl methyl sites for hydroxylation is 1. The summed E-state index contributed by atoms with van der Waals surface area (Å²) in [5.41, 5.74) is -1.09. The number of hydrogen-bond acceptors (Lipinski definition) is 4. The van der Waals surface area contributed by atoms with Crippen molar-refractivity contribution in [3.63, 3.8) is 0 Å². The average Bonchev–Trinajstić information content (AvgIpc) is 3.06. The van der Waals surface area contributed by atoms with Gasteiger partial charge in [-0.2, -0.15) is 26.3 Å². The third-order valence-corrected chi connectivity index (χ3v) is 7.05. The van der Waals surface area contributed by atoms with Gasteiger partial charge in [0.2, 0.25) is 10.0 Å². The number of hydrogen-bond donors (Lipinski definition) is 1. The van der Waals surface area contributed by atoms with Crippen molar-refractivity contribution in [2.45, 2.75) is 45.2 Å². The summed E-state index contributed by atoms with van der Waals surface area (Å²) < 4.78 is 110. The Morgan fingerprint density at radius 3 is 2.16 bits per heavy atom. The molecule has 1 aromatic heterocycles. The second-order valence-corrected chi connectivity index (χ2v) is 10.7. The fourth-order valence-corrected chi connectivity index (χ4v) is 5.25. The van der Waals surface area contributed by atoms with Gasteiger partial charge in [-0.15, -0.1) is 5.10 Å². The van der Waals surface area contributed by atoms with E-state index in [0.717, 1.165) is 24.3 Å². The Bertz CT molecular complexity index is 1370. The van der Waals surface area contributed by atoms with E-state index in [1.807, 2.05) is 0 Å². The molecule has 3 aromatic rings. The van der Waals surface area contributed by atoms with Gasteiger partial charge in [0.05, 0.1) is 16.8 Å². The second-order valence-electron chi connectivity index (χ2n) is 8.59. The van der Waals surface area contributed by atoms with Gasteiger partial charge in [0, 0.05) is 12.1 Å². The Kier molecular flexibility index (Phi) is 7.92. The van der Waals surface area contributed by atoms with E-state index in [2.05, 4.69) is 9.82 Å². The molecule has 0 saturated heterocycles. The van der Waals surface area contributed by atoms with Crippen molar-refractivity contribution in [1.82, 2.24) is 14.5 Å². The Balaban J connectivity index is 1.94. The first-order chi connectivity index (χ1) is 16.9. The van der Waals surface area contributed by atoms with Gasteiger partial charge >= 0.3 is 12.4 Å². The molecule has 6 nitrogen and oxygen atoms in total. The Labute approximate surface area is 214 Å². The zero-order valence-electron chi connectivity index (χ0n) is 19.7. The number of ether oxygens (including phenoxy) is 1. The van der Waals surface area contributed by atoms with Crippen molar-refractivity contribution in [1.29, 1.82) is 0 Å². The number of alkyl halides is 6. The van der Waals surface area contributed by atoms with Gasteiger partial charge in [0.25, 0.3) is 5.88 Å². The van der Waals surface area contributed by atoms with Gasteiger partial charge in [-0.3, -0.25) is 4.68 Å². The molecule has 0 aliphatic heterocycles. The van der Waals surface area contributed by atoms with Crippen LogP contribution in [0.15, 0.2) is 48.5 Å². The lowest BCUT2D eigenvalue weighted by Gasteiger charge is -2.27. The first-order valence-electron chi connectivity index (χ1n) is 10.7. The second kappa shape index (κ2) is 10.2. The van der Waals surface area contributed by atoms with Crippen molar-refractivity contribution >= 4 is 21.6 Å². The summed E-state index contributed by atoms with van der Waals surface area (Å²) in [5.74, 6) is -2.03. The van der Waals surface area contributed by atoms with Crippen molar-refractivity contribution < 1.29 is 39.5 Å². The van der Waals surface area contributed by atoms with E-state index in [1.165, 1.54) is 18.5 Å². The molecular formula is C23H22ClF6N3O3S. The lowest BCUT2D eigenvalue weighted by Crippen LogP contribution is -2.44. The first kappa shape index (κ1) is 28.8. The summed E-state index contributed by atoms with van der Waals surface area (Å²) in [6.07, 6.45) is -9.42. The predicted octanol–water partition coefficient (Wildman–Crippen LogP) is 6.75. The van der Waals surface area contributed by atoms with Gasteiger partial charge in [-0.25, -0.2) is 13.1 Å². The number of halogens is 7. The fourth-order valence-electron chi connectivity index (χ4n) is 3.57. The van der Waals surface area contributed by atoms with E-state index in [-0.39, 0.29) is 16.7 Å². The van der Waals surface area contributed by atoms with Crippen LogP contribution in [0.4, 0.5) is 26.3 Å². The van der Waals surface area contributed by atoms with Crippen LogP contribution < -0.4 is 9.46 Å². The van der Waals surface area contributed by atoms with E-state index in [1.54, 1.807) is 31.2 Å². The summed E-state index contributed by atoms with van der Waals surface area (Å²) in [5, 5.41) is 4.30. The van der Waals surface area contributed by atoms with Crippen LogP contribution in [-0.4, -0.2) is 30.1 Å². The molecular weight excluding hydrogens is 548 g/mol. The maximum absolute atomic E-state index is 12.8. The molecule has 202 valence electrons. The molecule has 0 spiro atoms. The number of nitrogens with zero attached hydrogens (tertiary/aromatic N) is 2. The smallest absolute Gasteiger partial charge is 0.416 e. The number of aromatic nitrogens is 2. The van der Waals surface area contributed by atoms with Crippen LogP contribution in [0.2, 0.25) is 5.02 Å². The maximum atomic E-state index is 12.8. The Morgan fingerprint density at radius 1 is 1.00 bits per heavy atom. The van der Waals surface area contributed by atoms with Gasteiger partial charge in [0.15, 0.2) is 5.75 Å². The standard InChI is InChI=1S/C23H22ClF6N3O3S/c1-4-33-19(18(24)20(31-33)36-17-10-8-15(9-11-17)23(28,29)30)14-6-5-7-16(12-14)21(2,3)32-37(34,35)13-22(25,26)27/h5-12,32H,4,13H2,1-3H3. The third kappa shape index (κ3) is 7.17. The van der Waals surface area contributed by atoms with Gasteiger partial charge in [-0.1, -0.05) is 29.8 Å². The molecule has 0 bridgehead atoms. The quantitative estimate of drug-likeness (QED) is 0.305. The fraction of sp³-hybridized carbons (Fsp3) is 0.348. The van der Waals surface area contributed by atoms with Crippen LogP contribution in [0.25, 0.3) is 11.3 Å². The summed E-state index contributed by atoms with van der Waals surface area (Å²) in [7, 11) is -4.70. The molecule has 0 atom stereocenters. The van der Waals surface area contributed by atoms with E-state index in [9.17, 15) is 34.8 Å². The lowest BCUT2D eigenvalue weighted by atomic mass is 9.93. The number of nitrogens with one attached hydrogen (secondary N) is 1. The molecule has 0 saturated carbocycles. The van der Waals surface area contributed by atoms with Crippen molar-refractivity contribution in [3.8, 4) is 22.9 Å². The highest BCUT2D eigenvalue weighted by atomic mass is 35.5. The van der Waals surface area contributed by atoms with Crippen LogP contribution in [0.5, 0.6) is 11.6 Å². The normalized spacial score (nSPS) is 13.1. The molecule has 1 N–H and O–H groups in total. The molecule has 14 heteroatoms. The maximum Gasteiger partial charge on any atom is 0.416 e. The highest BCUT2D eigenvalue weighted by Gasteiger charge is 2.38. The SMILES string of the molecule is CCn1nc(Oc2ccc(C(F)(F)F)cc2)c(Cl)c1-c1cccc(C(C)(C)NS(=O)(=O)CC(F)(F)F)c1. The number of benzene rings is 2. The van der Waals surface area contributed by atoms with Gasteiger partial charge < -0.3 is 4.74 Å².